The number of carbonyl (C=O) groups excluding carboxylic acids is 3. The maximum absolute atomic E-state index is 13.9. The fraction of sp³-hybridized carbons (Fsp3) is 0.233. The largest absolute Gasteiger partial charge is 0.507 e. The predicted octanol–water partition coefficient (Wildman–Crippen LogP) is 2.28. The molecule has 2 heterocycles. The summed E-state index contributed by atoms with van der Waals surface area (Å²) in [4.78, 5) is 39.7. The van der Waals surface area contributed by atoms with Crippen LogP contribution in [0.4, 0.5) is 5.69 Å². The van der Waals surface area contributed by atoms with Gasteiger partial charge in [-0.3, -0.25) is 14.4 Å². The van der Waals surface area contributed by atoms with Crippen molar-refractivity contribution in [1.29, 1.82) is 0 Å². The van der Waals surface area contributed by atoms with E-state index in [0.717, 1.165) is 18.4 Å². The summed E-state index contributed by atoms with van der Waals surface area (Å²) < 4.78 is 12.3. The van der Waals surface area contributed by atoms with E-state index >= 15 is 0 Å². The molecule has 0 aromatic heterocycles. The Morgan fingerprint density at radius 3 is 2.23 bits per heavy atom. The summed E-state index contributed by atoms with van der Waals surface area (Å²) in [6, 6.07) is 2.82. The normalized spacial score (nSPS) is 30.2. The van der Waals surface area contributed by atoms with Crippen molar-refractivity contribution in [2.45, 2.75) is 24.2 Å². The van der Waals surface area contributed by atoms with Gasteiger partial charge in [0.2, 0.25) is 11.6 Å². The van der Waals surface area contributed by atoms with E-state index in [2.05, 4.69) is 29.0 Å². The molecule has 4 N–H and O–H groups in total. The summed E-state index contributed by atoms with van der Waals surface area (Å²) in [5.74, 6) is 8.00. The number of aldehydes is 1. The summed E-state index contributed by atoms with van der Waals surface area (Å²) >= 11 is 0. The molecule has 5 atom stereocenters. The summed E-state index contributed by atoms with van der Waals surface area (Å²) in [5, 5.41) is 35.4. The molecule has 1 saturated heterocycles. The summed E-state index contributed by atoms with van der Waals surface area (Å²) in [6.07, 6.45) is 3.87. The first-order valence-corrected chi connectivity index (χ1v) is 12.2. The zero-order valence-electron chi connectivity index (χ0n) is 20.6. The van der Waals surface area contributed by atoms with Crippen molar-refractivity contribution in [1.82, 2.24) is 0 Å². The number of phenolic OH excluding ortho intramolecular Hbond substituents is 3. The highest BCUT2D eigenvalue weighted by Gasteiger charge is 2.84. The van der Waals surface area contributed by atoms with Crippen LogP contribution in [-0.4, -0.2) is 51.9 Å². The van der Waals surface area contributed by atoms with Gasteiger partial charge < -0.3 is 30.1 Å². The second kappa shape index (κ2) is 7.31. The standard InChI is InChI=1S/C30H19NO8/c1-13-14(12-32)28(38-2)15-7-5-3-4-6-8-20-29(13)30(15,39-29)16-11-19(35)23-24(25(16)31-20)27(37)22-18(34)10-9-17(33)21(22)26(23)36/h3-4,9-13,15,20,31,33-35H,1-2H3. The maximum Gasteiger partial charge on any atom is 0.202 e. The Balaban J connectivity index is 1.59. The van der Waals surface area contributed by atoms with Crippen molar-refractivity contribution in [3.05, 3.63) is 69.5 Å². The number of epoxide rings is 1. The van der Waals surface area contributed by atoms with Crippen LogP contribution in [0.1, 0.15) is 44.3 Å². The zero-order chi connectivity index (χ0) is 27.4. The Hall–Kier alpha value is -4.99. The molecule has 2 aromatic carbocycles. The molecule has 4 bridgehead atoms. The molecule has 1 fully saturated rings. The number of hydrogen-bond acceptors (Lipinski definition) is 9. The Bertz CT molecular complexity index is 1790. The van der Waals surface area contributed by atoms with Crippen molar-refractivity contribution in [3.8, 4) is 40.9 Å². The molecule has 192 valence electrons. The van der Waals surface area contributed by atoms with E-state index in [-0.39, 0.29) is 27.9 Å². The van der Waals surface area contributed by atoms with Gasteiger partial charge in [0.05, 0.1) is 35.1 Å². The lowest BCUT2D eigenvalue weighted by Crippen LogP contribution is -2.55. The molecule has 2 aromatic rings. The van der Waals surface area contributed by atoms with Gasteiger partial charge in [-0.2, -0.15) is 0 Å². The van der Waals surface area contributed by atoms with Crippen LogP contribution < -0.4 is 5.32 Å². The Morgan fingerprint density at radius 1 is 0.974 bits per heavy atom. The number of anilines is 1. The number of nitrogens with one attached hydrogen (secondary N) is 1. The van der Waals surface area contributed by atoms with E-state index in [1.54, 1.807) is 12.2 Å². The van der Waals surface area contributed by atoms with Gasteiger partial charge in [-0.15, -0.1) is 0 Å². The zero-order valence-corrected chi connectivity index (χ0v) is 20.6. The monoisotopic (exact) mass is 521 g/mol. The molecule has 9 heteroatoms. The van der Waals surface area contributed by atoms with Gasteiger partial charge in [0.15, 0.2) is 0 Å². The van der Waals surface area contributed by atoms with Gasteiger partial charge >= 0.3 is 0 Å². The van der Waals surface area contributed by atoms with Gasteiger partial charge in [0, 0.05) is 17.1 Å². The number of carbonyl (C=O) groups is 3. The maximum atomic E-state index is 13.9. The minimum Gasteiger partial charge on any atom is -0.507 e. The Labute approximate surface area is 221 Å². The second-order valence-electron chi connectivity index (χ2n) is 10.00. The minimum absolute atomic E-state index is 0.176. The lowest BCUT2D eigenvalue weighted by Gasteiger charge is -2.43. The number of hydrogen-bond donors (Lipinski definition) is 4. The van der Waals surface area contributed by atoms with Crippen LogP contribution in [0, 0.1) is 35.5 Å². The number of benzene rings is 2. The molecular weight excluding hydrogens is 502 g/mol. The van der Waals surface area contributed by atoms with Crippen LogP contribution in [0.5, 0.6) is 17.2 Å². The molecule has 0 saturated carbocycles. The van der Waals surface area contributed by atoms with E-state index < -0.39 is 57.9 Å². The van der Waals surface area contributed by atoms with Crippen molar-refractivity contribution in [2.75, 3.05) is 12.4 Å². The number of allylic oxidation sites excluding steroid dienone is 2. The second-order valence-corrected chi connectivity index (χ2v) is 10.00. The number of aromatic hydroxyl groups is 3. The third-order valence-corrected chi connectivity index (χ3v) is 8.48. The molecule has 0 radical (unpaired) electrons. The number of rotatable bonds is 2. The van der Waals surface area contributed by atoms with Gasteiger partial charge in [-0.25, -0.2) is 0 Å². The Kier molecular flexibility index (Phi) is 4.34. The first kappa shape index (κ1) is 23.2. The van der Waals surface area contributed by atoms with E-state index in [4.69, 9.17) is 9.47 Å². The molecular formula is C30H19NO8. The van der Waals surface area contributed by atoms with Gasteiger partial charge in [-0.1, -0.05) is 30.6 Å². The van der Waals surface area contributed by atoms with Gasteiger partial charge in [0.25, 0.3) is 0 Å². The fourth-order valence-electron chi connectivity index (χ4n) is 6.84. The van der Waals surface area contributed by atoms with Crippen molar-refractivity contribution in [3.63, 3.8) is 0 Å². The minimum atomic E-state index is -1.29. The van der Waals surface area contributed by atoms with Crippen LogP contribution >= 0.6 is 0 Å². The molecule has 39 heavy (non-hydrogen) atoms. The molecule has 7 rings (SSSR count). The molecule has 9 nitrogen and oxygen atoms in total. The quantitative estimate of drug-likeness (QED) is 0.173. The van der Waals surface area contributed by atoms with Gasteiger partial charge in [0.1, 0.15) is 52.5 Å². The molecule has 2 aliphatic heterocycles. The molecule has 5 aliphatic rings. The van der Waals surface area contributed by atoms with Crippen molar-refractivity contribution >= 4 is 23.5 Å². The summed E-state index contributed by atoms with van der Waals surface area (Å²) in [7, 11) is 1.44. The van der Waals surface area contributed by atoms with Crippen molar-refractivity contribution in [2.24, 2.45) is 11.8 Å². The fourth-order valence-corrected chi connectivity index (χ4v) is 6.84. The SMILES string of the molecule is COC1=C(C=O)C(C)C23OC24c2cc(O)c5c(c2NC3C#CC=CC#CC14)C(=O)c1c(O)ccc(O)c1C5=O. The number of fused-ring (bicyclic) bond motifs is 4. The van der Waals surface area contributed by atoms with E-state index in [0.29, 0.717) is 16.9 Å². The van der Waals surface area contributed by atoms with Crippen LogP contribution in [0.25, 0.3) is 0 Å². The third-order valence-electron chi connectivity index (χ3n) is 8.48. The average molecular weight is 521 g/mol. The van der Waals surface area contributed by atoms with Crippen LogP contribution in [0.2, 0.25) is 0 Å². The molecule has 0 spiro atoms. The van der Waals surface area contributed by atoms with Crippen molar-refractivity contribution < 1.29 is 39.2 Å². The number of methoxy groups -OCH3 is 1. The lowest BCUT2D eigenvalue weighted by molar-refractivity contribution is -0.106. The first-order valence-electron chi connectivity index (χ1n) is 12.2. The lowest BCUT2D eigenvalue weighted by atomic mass is 9.59. The van der Waals surface area contributed by atoms with Gasteiger partial charge in [-0.05, 0) is 30.4 Å². The highest BCUT2D eigenvalue weighted by molar-refractivity contribution is 6.33. The smallest absolute Gasteiger partial charge is 0.202 e. The predicted molar refractivity (Wildman–Crippen MR) is 135 cm³/mol. The van der Waals surface area contributed by atoms with Crippen LogP contribution in [0.3, 0.4) is 0 Å². The van der Waals surface area contributed by atoms with E-state index in [1.165, 1.54) is 13.2 Å². The molecule has 0 amide bonds. The average Bonchev–Trinajstić information content (AvgIpc) is 3.64. The highest BCUT2D eigenvalue weighted by atomic mass is 16.6. The molecule has 5 unspecified atom stereocenters. The number of phenols is 3. The van der Waals surface area contributed by atoms with E-state index in [1.807, 2.05) is 6.92 Å². The topological polar surface area (TPSA) is 146 Å². The summed E-state index contributed by atoms with van der Waals surface area (Å²) in [5.41, 5.74) is -2.75. The number of ketones is 2. The Morgan fingerprint density at radius 2 is 1.59 bits per heavy atom. The number of ether oxygens (including phenoxy) is 2. The summed E-state index contributed by atoms with van der Waals surface area (Å²) in [6.45, 7) is 1.82. The van der Waals surface area contributed by atoms with Crippen LogP contribution in [-0.2, 0) is 19.9 Å². The van der Waals surface area contributed by atoms with Crippen LogP contribution in [0.15, 0.2) is 41.7 Å². The third kappa shape index (κ3) is 2.44. The highest BCUT2D eigenvalue weighted by Crippen LogP contribution is 2.74. The first-order chi connectivity index (χ1) is 18.7. The van der Waals surface area contributed by atoms with E-state index in [9.17, 15) is 29.7 Å². The molecule has 3 aliphatic carbocycles.